The molecule has 8 heteroatoms. The van der Waals surface area contributed by atoms with Gasteiger partial charge < -0.3 is 9.64 Å². The van der Waals surface area contributed by atoms with E-state index < -0.39 is 0 Å². The number of hydrogen-bond acceptors (Lipinski definition) is 6. The lowest BCUT2D eigenvalue weighted by atomic mass is 10.2. The average Bonchev–Trinajstić information content (AvgIpc) is 3.47. The van der Waals surface area contributed by atoms with Gasteiger partial charge in [0.2, 0.25) is 11.7 Å². The molecule has 156 valence electrons. The third-order valence-corrected chi connectivity index (χ3v) is 5.13. The first-order chi connectivity index (χ1) is 14.8. The minimum absolute atomic E-state index is 0.109. The second-order valence-corrected chi connectivity index (χ2v) is 7.45. The number of aromatic nitrogens is 5. The predicted molar refractivity (Wildman–Crippen MR) is 111 cm³/mol. The number of carbonyl (C=O) groups is 1. The maximum Gasteiger partial charge on any atom is 0.223 e. The van der Waals surface area contributed by atoms with Gasteiger partial charge in [-0.05, 0) is 36.1 Å². The fourth-order valence-electron chi connectivity index (χ4n) is 3.57. The molecule has 3 aromatic rings. The molecular formula is C22H26N6O2. The van der Waals surface area contributed by atoms with Gasteiger partial charge in [-0.25, -0.2) is 0 Å². The summed E-state index contributed by atoms with van der Waals surface area (Å²) in [5.74, 6) is 0.705. The molecule has 0 N–H and O–H groups in total. The van der Waals surface area contributed by atoms with Gasteiger partial charge in [-0.15, -0.1) is 10.2 Å². The molecule has 0 radical (unpaired) electrons. The minimum atomic E-state index is 0.109. The molecule has 1 saturated heterocycles. The highest BCUT2D eigenvalue weighted by Gasteiger charge is 2.22. The highest BCUT2D eigenvalue weighted by atomic mass is 16.5. The molecule has 30 heavy (non-hydrogen) atoms. The van der Waals surface area contributed by atoms with Crippen molar-refractivity contribution in [2.24, 2.45) is 0 Å². The van der Waals surface area contributed by atoms with Gasteiger partial charge in [0.1, 0.15) is 0 Å². The molecule has 2 aromatic heterocycles. The van der Waals surface area contributed by atoms with E-state index in [-0.39, 0.29) is 12.0 Å². The summed E-state index contributed by atoms with van der Waals surface area (Å²) in [7, 11) is 0. The SMILES string of the molecule is O=C(CCCn1nnc(-c2ccccc2)n1)N(Cc1cccnc1)CC1CCCO1. The number of hydrogen-bond donors (Lipinski definition) is 0. The van der Waals surface area contributed by atoms with Crippen molar-refractivity contribution in [3.63, 3.8) is 0 Å². The van der Waals surface area contributed by atoms with Gasteiger partial charge in [0, 0.05) is 44.1 Å². The Hall–Kier alpha value is -3.13. The number of amides is 1. The number of aryl methyl sites for hydroxylation is 1. The molecule has 1 atom stereocenters. The van der Waals surface area contributed by atoms with Crippen molar-refractivity contribution in [1.82, 2.24) is 30.1 Å². The van der Waals surface area contributed by atoms with Crippen LogP contribution in [0.5, 0.6) is 0 Å². The third-order valence-electron chi connectivity index (χ3n) is 5.13. The summed E-state index contributed by atoms with van der Waals surface area (Å²) in [6, 6.07) is 13.6. The molecule has 1 unspecified atom stereocenters. The van der Waals surface area contributed by atoms with Crippen LogP contribution in [0.2, 0.25) is 0 Å². The van der Waals surface area contributed by atoms with Crippen LogP contribution >= 0.6 is 0 Å². The van der Waals surface area contributed by atoms with E-state index in [9.17, 15) is 4.79 Å². The van der Waals surface area contributed by atoms with Gasteiger partial charge in [0.15, 0.2) is 0 Å². The summed E-state index contributed by atoms with van der Waals surface area (Å²) < 4.78 is 5.75. The fraction of sp³-hybridized carbons (Fsp3) is 0.409. The van der Waals surface area contributed by atoms with Crippen LogP contribution in [0.1, 0.15) is 31.2 Å². The van der Waals surface area contributed by atoms with Gasteiger partial charge in [-0.1, -0.05) is 36.4 Å². The van der Waals surface area contributed by atoms with Crippen molar-refractivity contribution in [1.29, 1.82) is 0 Å². The van der Waals surface area contributed by atoms with Crippen molar-refractivity contribution < 1.29 is 9.53 Å². The lowest BCUT2D eigenvalue weighted by Crippen LogP contribution is -2.37. The summed E-state index contributed by atoms with van der Waals surface area (Å²) in [5, 5.41) is 12.6. The summed E-state index contributed by atoms with van der Waals surface area (Å²) in [5.41, 5.74) is 1.95. The van der Waals surface area contributed by atoms with Crippen LogP contribution in [0.3, 0.4) is 0 Å². The number of tetrazole rings is 1. The maximum atomic E-state index is 12.9. The Bertz CT molecular complexity index is 925. The highest BCUT2D eigenvalue weighted by Crippen LogP contribution is 2.16. The first-order valence-electron chi connectivity index (χ1n) is 10.4. The van der Waals surface area contributed by atoms with Crippen molar-refractivity contribution in [2.75, 3.05) is 13.2 Å². The summed E-state index contributed by atoms with van der Waals surface area (Å²) in [4.78, 5) is 20.5. The van der Waals surface area contributed by atoms with Crippen LogP contribution in [0, 0.1) is 0 Å². The van der Waals surface area contributed by atoms with Gasteiger partial charge in [-0.2, -0.15) is 4.80 Å². The van der Waals surface area contributed by atoms with Crippen molar-refractivity contribution >= 4 is 5.91 Å². The van der Waals surface area contributed by atoms with E-state index >= 15 is 0 Å². The van der Waals surface area contributed by atoms with Gasteiger partial charge in [-0.3, -0.25) is 9.78 Å². The van der Waals surface area contributed by atoms with E-state index in [1.165, 1.54) is 0 Å². The number of carbonyl (C=O) groups excluding carboxylic acids is 1. The molecule has 0 bridgehead atoms. The lowest BCUT2D eigenvalue weighted by molar-refractivity contribution is -0.133. The first kappa shape index (κ1) is 20.2. The second-order valence-electron chi connectivity index (χ2n) is 7.45. The largest absolute Gasteiger partial charge is 0.376 e. The van der Waals surface area contributed by atoms with Crippen molar-refractivity contribution in [2.45, 2.75) is 44.9 Å². The smallest absolute Gasteiger partial charge is 0.223 e. The normalized spacial score (nSPS) is 15.9. The highest BCUT2D eigenvalue weighted by molar-refractivity contribution is 5.76. The molecule has 3 heterocycles. The molecule has 0 aliphatic carbocycles. The zero-order valence-corrected chi connectivity index (χ0v) is 16.9. The van der Waals surface area contributed by atoms with Gasteiger partial charge >= 0.3 is 0 Å². The minimum Gasteiger partial charge on any atom is -0.376 e. The van der Waals surface area contributed by atoms with Crippen LogP contribution in [-0.4, -0.2) is 55.3 Å². The summed E-state index contributed by atoms with van der Waals surface area (Å²) in [6.07, 6.45) is 6.80. The maximum absolute atomic E-state index is 12.9. The fourth-order valence-corrected chi connectivity index (χ4v) is 3.57. The Kier molecular flexibility index (Phi) is 6.76. The van der Waals surface area contributed by atoms with Crippen molar-refractivity contribution in [3.8, 4) is 11.4 Å². The summed E-state index contributed by atoms with van der Waals surface area (Å²) >= 11 is 0. The average molecular weight is 406 g/mol. The molecule has 1 aliphatic rings. The number of ether oxygens (including phenoxy) is 1. The predicted octanol–water partition coefficient (Wildman–Crippen LogP) is 2.72. The zero-order valence-electron chi connectivity index (χ0n) is 16.9. The first-order valence-corrected chi connectivity index (χ1v) is 10.4. The molecule has 8 nitrogen and oxygen atoms in total. The molecule has 1 aromatic carbocycles. The Morgan fingerprint density at radius 1 is 1.20 bits per heavy atom. The molecule has 1 aliphatic heterocycles. The molecular weight excluding hydrogens is 380 g/mol. The van der Waals surface area contributed by atoms with Crippen LogP contribution in [-0.2, 0) is 22.6 Å². The van der Waals surface area contributed by atoms with Crippen LogP contribution in [0.4, 0.5) is 0 Å². The monoisotopic (exact) mass is 406 g/mol. The molecule has 1 amide bonds. The van der Waals surface area contributed by atoms with E-state index in [2.05, 4.69) is 20.4 Å². The zero-order chi connectivity index (χ0) is 20.6. The van der Waals surface area contributed by atoms with E-state index in [4.69, 9.17) is 4.74 Å². The van der Waals surface area contributed by atoms with E-state index in [1.54, 1.807) is 17.2 Å². The van der Waals surface area contributed by atoms with E-state index in [0.717, 1.165) is 30.6 Å². The number of nitrogens with zero attached hydrogens (tertiary/aromatic N) is 6. The Morgan fingerprint density at radius 3 is 2.87 bits per heavy atom. The van der Waals surface area contributed by atoms with Gasteiger partial charge in [0.05, 0.1) is 12.6 Å². The quantitative estimate of drug-likeness (QED) is 0.543. The number of rotatable bonds is 9. The van der Waals surface area contributed by atoms with Crippen LogP contribution in [0.15, 0.2) is 54.9 Å². The molecule has 0 saturated carbocycles. The lowest BCUT2D eigenvalue weighted by Gasteiger charge is -2.25. The second kappa shape index (κ2) is 10.1. The number of benzene rings is 1. The van der Waals surface area contributed by atoms with Crippen LogP contribution in [0.25, 0.3) is 11.4 Å². The Morgan fingerprint density at radius 2 is 2.10 bits per heavy atom. The summed E-state index contributed by atoms with van der Waals surface area (Å²) in [6.45, 7) is 2.49. The molecule has 0 spiro atoms. The Balaban J connectivity index is 1.32. The van der Waals surface area contributed by atoms with E-state index in [0.29, 0.717) is 38.3 Å². The standard InChI is InChI=1S/C22H26N6O2/c29-21(11-5-13-28-25-22(24-26-28)19-8-2-1-3-9-19)27(17-20-10-6-14-30-20)16-18-7-4-12-23-15-18/h1-4,7-9,12,15,20H,5-6,10-11,13-14,16-17H2. The third kappa shape index (κ3) is 5.48. The van der Waals surface area contributed by atoms with Gasteiger partial charge in [0.25, 0.3) is 0 Å². The molecule has 4 rings (SSSR count). The number of pyridine rings is 1. The van der Waals surface area contributed by atoms with Crippen molar-refractivity contribution in [3.05, 3.63) is 60.4 Å². The Labute approximate surface area is 175 Å². The van der Waals surface area contributed by atoms with E-state index in [1.807, 2.05) is 47.4 Å². The van der Waals surface area contributed by atoms with Crippen LogP contribution < -0.4 is 0 Å². The topological polar surface area (TPSA) is 86.0 Å². The molecule has 1 fully saturated rings.